The largest absolute Gasteiger partial charge is 0.383 e. The van der Waals surface area contributed by atoms with Gasteiger partial charge in [-0.2, -0.15) is 5.26 Å². The lowest BCUT2D eigenvalue weighted by Gasteiger charge is -2.33. The van der Waals surface area contributed by atoms with E-state index in [1.807, 2.05) is 24.3 Å². The summed E-state index contributed by atoms with van der Waals surface area (Å²) in [6, 6.07) is 14.9. The molecule has 4 rings (SSSR count). The molecule has 2 heterocycles. The van der Waals surface area contributed by atoms with Crippen LogP contribution in [0, 0.1) is 11.3 Å². The molecule has 1 aliphatic heterocycles. The Morgan fingerprint density at radius 2 is 2.09 bits per heavy atom. The number of nitrogens with two attached hydrogens (primary N) is 1. The number of benzene rings is 2. The van der Waals surface area contributed by atoms with Crippen molar-refractivity contribution in [2.75, 3.05) is 38.7 Å². The molecule has 0 radical (unpaired) electrons. The van der Waals surface area contributed by atoms with Crippen LogP contribution in [-0.4, -0.2) is 64.6 Å². The third-order valence-electron chi connectivity index (χ3n) is 5.58. The zero-order valence-electron chi connectivity index (χ0n) is 18.6. The quantitative estimate of drug-likeness (QED) is 0.426. The Labute approximate surface area is 197 Å². The van der Waals surface area contributed by atoms with Gasteiger partial charge in [-0.05, 0) is 47.9 Å². The summed E-state index contributed by atoms with van der Waals surface area (Å²) in [5.74, 6) is 0.0574. The molecule has 1 aromatic heterocycles. The Kier molecular flexibility index (Phi) is 7.10. The number of fused-ring (bicyclic) bond motifs is 1. The maximum absolute atomic E-state index is 12.5. The Balaban J connectivity index is 1.22. The van der Waals surface area contributed by atoms with Gasteiger partial charge in [0.25, 0.3) is 0 Å². The van der Waals surface area contributed by atoms with E-state index < -0.39 is 0 Å². The number of carbonyl (C=O) groups is 2. The van der Waals surface area contributed by atoms with Crippen molar-refractivity contribution in [1.29, 1.82) is 5.26 Å². The molecule has 1 saturated heterocycles. The Morgan fingerprint density at radius 3 is 2.91 bits per heavy atom. The average molecular weight is 457 g/mol. The van der Waals surface area contributed by atoms with Crippen molar-refractivity contribution in [2.24, 2.45) is 0 Å². The van der Waals surface area contributed by atoms with E-state index >= 15 is 0 Å². The van der Waals surface area contributed by atoms with Crippen molar-refractivity contribution in [2.45, 2.75) is 6.42 Å². The highest BCUT2D eigenvalue weighted by Crippen LogP contribution is 2.18. The van der Waals surface area contributed by atoms with Crippen LogP contribution in [0.2, 0.25) is 0 Å². The summed E-state index contributed by atoms with van der Waals surface area (Å²) in [6.07, 6.45) is 5.19. The van der Waals surface area contributed by atoms with Crippen LogP contribution in [0.5, 0.6) is 0 Å². The highest BCUT2D eigenvalue weighted by atomic mass is 16.5. The van der Waals surface area contributed by atoms with Gasteiger partial charge in [0.05, 0.1) is 23.8 Å². The lowest BCUT2D eigenvalue weighted by Crippen LogP contribution is -2.52. The molecule has 34 heavy (non-hydrogen) atoms. The molecule has 0 aliphatic carbocycles. The summed E-state index contributed by atoms with van der Waals surface area (Å²) >= 11 is 0. The van der Waals surface area contributed by atoms with E-state index in [4.69, 9.17) is 15.7 Å². The topological polar surface area (TPSA) is 125 Å². The molecule has 2 aromatic carbocycles. The first-order valence-electron chi connectivity index (χ1n) is 10.9. The highest BCUT2D eigenvalue weighted by molar-refractivity contribution is 5.95. The smallest absolute Gasteiger partial charge is 0.247 e. The molecule has 9 heteroatoms. The molecule has 0 bridgehead atoms. The van der Waals surface area contributed by atoms with Crippen LogP contribution in [0.3, 0.4) is 0 Å². The normalized spacial score (nSPS) is 14.0. The molecule has 172 valence electrons. The number of carbonyl (C=O) groups excluding carboxylic acids is 2. The fraction of sp³-hybridized carbons (Fsp3) is 0.240. The predicted octanol–water partition coefficient (Wildman–Crippen LogP) is 1.98. The molecule has 1 fully saturated rings. The molecule has 0 atom stereocenters. The Hall–Kier alpha value is -4.29. The number of hydrogen-bond acceptors (Lipinski definition) is 7. The van der Waals surface area contributed by atoms with Crippen molar-refractivity contribution in [3.8, 4) is 6.07 Å². The van der Waals surface area contributed by atoms with Crippen molar-refractivity contribution < 1.29 is 14.3 Å². The molecular weight excluding hydrogens is 432 g/mol. The molecular formula is C25H24N6O3. The van der Waals surface area contributed by atoms with Gasteiger partial charge in [-0.15, -0.1) is 0 Å². The molecule has 3 aromatic rings. The van der Waals surface area contributed by atoms with Crippen LogP contribution in [0.25, 0.3) is 17.0 Å². The van der Waals surface area contributed by atoms with Crippen LogP contribution < -0.4 is 5.73 Å². The number of nitrogens with zero attached hydrogens (tertiary/aromatic N) is 5. The second-order valence-corrected chi connectivity index (χ2v) is 7.89. The number of amides is 2. The summed E-state index contributed by atoms with van der Waals surface area (Å²) in [6.45, 7) is 1.48. The minimum Gasteiger partial charge on any atom is -0.383 e. The van der Waals surface area contributed by atoms with E-state index in [-0.39, 0.29) is 25.1 Å². The van der Waals surface area contributed by atoms with E-state index in [0.717, 1.165) is 22.0 Å². The first-order chi connectivity index (χ1) is 16.5. The van der Waals surface area contributed by atoms with Crippen LogP contribution in [0.15, 0.2) is 54.9 Å². The van der Waals surface area contributed by atoms with Gasteiger partial charge in [0, 0.05) is 24.6 Å². The number of anilines is 1. The van der Waals surface area contributed by atoms with Crippen LogP contribution in [0.4, 0.5) is 5.82 Å². The molecule has 9 nitrogen and oxygen atoms in total. The second-order valence-electron chi connectivity index (χ2n) is 7.89. The maximum atomic E-state index is 12.5. The summed E-state index contributed by atoms with van der Waals surface area (Å²) < 4.78 is 5.71. The number of piperazine rings is 1. The lowest BCUT2D eigenvalue weighted by molar-refractivity contribution is -0.147. The first-order valence-corrected chi connectivity index (χ1v) is 10.9. The molecule has 2 amide bonds. The summed E-state index contributed by atoms with van der Waals surface area (Å²) in [5, 5.41) is 9.79. The Morgan fingerprint density at radius 1 is 1.21 bits per heavy atom. The van der Waals surface area contributed by atoms with E-state index in [1.165, 1.54) is 17.3 Å². The van der Waals surface area contributed by atoms with Gasteiger partial charge in [-0.25, -0.2) is 9.97 Å². The van der Waals surface area contributed by atoms with Crippen LogP contribution in [-0.2, 0) is 20.7 Å². The zero-order valence-corrected chi connectivity index (χ0v) is 18.6. The number of hydrogen-bond donors (Lipinski definition) is 1. The van der Waals surface area contributed by atoms with Gasteiger partial charge in [0.2, 0.25) is 11.8 Å². The number of rotatable bonds is 7. The van der Waals surface area contributed by atoms with Crippen molar-refractivity contribution in [1.82, 2.24) is 19.8 Å². The van der Waals surface area contributed by atoms with Crippen molar-refractivity contribution >= 4 is 34.6 Å². The van der Waals surface area contributed by atoms with Crippen LogP contribution in [0.1, 0.15) is 16.7 Å². The number of nitriles is 1. The Bertz CT molecular complexity index is 1280. The maximum Gasteiger partial charge on any atom is 0.247 e. The third kappa shape index (κ3) is 5.54. The fourth-order valence-electron chi connectivity index (χ4n) is 3.66. The standard InChI is InChI=1S/C25H24N6O3/c26-14-20-3-1-2-18(12-20)5-7-23(32)30-9-10-31(24(33)15-30)17-34-11-8-19-4-6-21-22(13-19)28-16-29-25(21)27/h1-7,12-13,16H,8-11,15,17H2,(H2,27,28,29)/b7-5-. The van der Waals surface area contributed by atoms with Gasteiger partial charge in [0.1, 0.15) is 25.4 Å². The van der Waals surface area contributed by atoms with Gasteiger partial charge >= 0.3 is 0 Å². The lowest BCUT2D eigenvalue weighted by atomic mass is 10.1. The fourth-order valence-corrected chi connectivity index (χ4v) is 3.66. The van der Waals surface area contributed by atoms with Crippen LogP contribution >= 0.6 is 0 Å². The summed E-state index contributed by atoms with van der Waals surface area (Å²) in [7, 11) is 0. The molecule has 2 N–H and O–H groups in total. The second kappa shape index (κ2) is 10.6. The van der Waals surface area contributed by atoms with Gasteiger partial charge < -0.3 is 20.3 Å². The van der Waals surface area contributed by atoms with E-state index in [9.17, 15) is 9.59 Å². The molecule has 1 aliphatic rings. The first kappa shape index (κ1) is 22.9. The van der Waals surface area contributed by atoms with Crippen molar-refractivity contribution in [3.05, 3.63) is 71.6 Å². The summed E-state index contributed by atoms with van der Waals surface area (Å²) in [5.41, 5.74) is 8.98. The van der Waals surface area contributed by atoms with E-state index in [1.54, 1.807) is 29.2 Å². The predicted molar refractivity (Wildman–Crippen MR) is 127 cm³/mol. The molecule has 0 saturated carbocycles. The van der Waals surface area contributed by atoms with E-state index in [2.05, 4.69) is 16.0 Å². The zero-order chi connectivity index (χ0) is 23.9. The summed E-state index contributed by atoms with van der Waals surface area (Å²) in [4.78, 5) is 36.3. The van der Waals surface area contributed by atoms with Gasteiger partial charge in [-0.3, -0.25) is 9.59 Å². The van der Waals surface area contributed by atoms with Gasteiger partial charge in [-0.1, -0.05) is 18.2 Å². The SMILES string of the molecule is N#Cc1cccc(/C=C\C(=O)N2CCN(COCCc3ccc4c(N)ncnc4c3)C(=O)C2)c1. The monoisotopic (exact) mass is 456 g/mol. The van der Waals surface area contributed by atoms with E-state index in [0.29, 0.717) is 37.5 Å². The molecule has 0 spiro atoms. The minimum absolute atomic E-state index is 0.0105. The van der Waals surface area contributed by atoms with Gasteiger partial charge in [0.15, 0.2) is 0 Å². The molecule has 0 unspecified atom stereocenters. The number of nitrogen functional groups attached to an aromatic ring is 1. The number of ether oxygens (including phenoxy) is 1. The minimum atomic E-state index is -0.239. The third-order valence-corrected chi connectivity index (χ3v) is 5.58. The highest BCUT2D eigenvalue weighted by Gasteiger charge is 2.26. The average Bonchev–Trinajstić information content (AvgIpc) is 2.86. The van der Waals surface area contributed by atoms with Crippen molar-refractivity contribution in [3.63, 3.8) is 0 Å². The number of aromatic nitrogens is 2.